The molecular weight excluding hydrogens is 489 g/mol. The van der Waals surface area contributed by atoms with Crippen LogP contribution < -0.4 is 20.7 Å². The van der Waals surface area contributed by atoms with E-state index in [2.05, 4.69) is 36.0 Å². The summed E-state index contributed by atoms with van der Waals surface area (Å²) in [7, 11) is 3.36. The number of H-pyrrole nitrogens is 1. The van der Waals surface area contributed by atoms with Crippen molar-refractivity contribution in [1.82, 2.24) is 34.9 Å². The van der Waals surface area contributed by atoms with Gasteiger partial charge in [-0.3, -0.25) is 14.4 Å². The third kappa shape index (κ3) is 4.56. The minimum Gasteiger partial charge on any atom is -0.478 e. The predicted molar refractivity (Wildman–Crippen MR) is 142 cm³/mol. The number of para-hydroxylation sites is 1. The minimum atomic E-state index is -0.994. The van der Waals surface area contributed by atoms with E-state index < -0.39 is 12.2 Å². The Labute approximate surface area is 218 Å². The lowest BCUT2D eigenvalue weighted by atomic mass is 10.1. The van der Waals surface area contributed by atoms with E-state index in [1.807, 2.05) is 35.4 Å². The first-order valence-electron chi connectivity index (χ1n) is 12.7. The summed E-state index contributed by atoms with van der Waals surface area (Å²) >= 11 is 0. The number of carbonyl (C=O) groups excluding carboxylic acids is 1. The van der Waals surface area contributed by atoms with Crippen LogP contribution in [-0.4, -0.2) is 80.5 Å². The number of rotatable bonds is 7. The second kappa shape index (κ2) is 10.0. The normalized spacial score (nSPS) is 21.7. The monoisotopic (exact) mass is 519 g/mol. The number of aromatic nitrogens is 5. The predicted octanol–water partition coefficient (Wildman–Crippen LogP) is 2.82. The second-order valence-electron chi connectivity index (χ2n) is 9.73. The maximum atomic E-state index is 14.4. The largest absolute Gasteiger partial charge is 0.478 e. The number of nitrogens with one attached hydrogen (secondary N) is 4. The molecule has 38 heavy (non-hydrogen) atoms. The highest BCUT2D eigenvalue weighted by Crippen LogP contribution is 2.33. The molecule has 0 spiro atoms. The zero-order valence-corrected chi connectivity index (χ0v) is 21.2. The number of benzene rings is 1. The van der Waals surface area contributed by atoms with Gasteiger partial charge in [0.15, 0.2) is 0 Å². The van der Waals surface area contributed by atoms with E-state index >= 15 is 0 Å². The first-order valence-corrected chi connectivity index (χ1v) is 12.7. The Morgan fingerprint density at radius 1 is 1.26 bits per heavy atom. The highest BCUT2D eigenvalue weighted by Gasteiger charge is 2.41. The molecule has 0 aliphatic carbocycles. The van der Waals surface area contributed by atoms with E-state index in [9.17, 15) is 9.18 Å². The highest BCUT2D eigenvalue weighted by atomic mass is 19.1. The molecule has 3 aromatic heterocycles. The third-order valence-corrected chi connectivity index (χ3v) is 7.23. The van der Waals surface area contributed by atoms with Gasteiger partial charge in [-0.15, -0.1) is 5.10 Å². The lowest BCUT2D eigenvalue weighted by molar-refractivity contribution is -0.121. The Morgan fingerprint density at radius 3 is 2.97 bits per heavy atom. The summed E-state index contributed by atoms with van der Waals surface area (Å²) in [4.78, 5) is 27.7. The van der Waals surface area contributed by atoms with Crippen molar-refractivity contribution in [2.45, 2.75) is 31.1 Å². The van der Waals surface area contributed by atoms with E-state index in [4.69, 9.17) is 4.74 Å². The van der Waals surface area contributed by atoms with Crippen LogP contribution in [0.4, 0.5) is 21.7 Å². The smallest absolute Gasteiger partial charge is 0.256 e. The lowest BCUT2D eigenvalue weighted by Crippen LogP contribution is -2.46. The van der Waals surface area contributed by atoms with Gasteiger partial charge in [0, 0.05) is 55.9 Å². The SMILES string of the molecule is COc1nn(C)cc1Nc1nccc(-c2c[nH]c3c(NC(=O)[C@H]4C[C@H](F)CN4[C@@H]4CCNC4)cccc23)n1. The quantitative estimate of drug-likeness (QED) is 0.294. The maximum Gasteiger partial charge on any atom is 0.256 e. The van der Waals surface area contributed by atoms with Crippen LogP contribution in [-0.2, 0) is 11.8 Å². The Morgan fingerprint density at radius 2 is 2.16 bits per heavy atom. The fourth-order valence-electron chi connectivity index (χ4n) is 5.47. The Kier molecular flexibility index (Phi) is 6.42. The van der Waals surface area contributed by atoms with Crippen molar-refractivity contribution < 1.29 is 13.9 Å². The molecule has 0 radical (unpaired) electrons. The number of fused-ring (bicyclic) bond motifs is 1. The molecule has 6 rings (SSSR count). The number of aromatic amines is 1. The molecule has 1 aromatic carbocycles. The number of halogens is 1. The van der Waals surface area contributed by atoms with E-state index in [1.54, 1.807) is 31.2 Å². The molecule has 2 aliphatic heterocycles. The number of carbonyl (C=O) groups is 1. The number of likely N-dealkylation sites (tertiary alicyclic amines) is 1. The van der Waals surface area contributed by atoms with Gasteiger partial charge in [-0.1, -0.05) is 12.1 Å². The zero-order chi connectivity index (χ0) is 26.2. The van der Waals surface area contributed by atoms with Gasteiger partial charge in [0.1, 0.15) is 11.9 Å². The van der Waals surface area contributed by atoms with E-state index in [-0.39, 0.29) is 18.4 Å². The van der Waals surface area contributed by atoms with Crippen LogP contribution in [0.5, 0.6) is 5.88 Å². The molecule has 0 bridgehead atoms. The molecule has 5 heterocycles. The standard InChI is InChI=1S/C26H30FN9O2/c1-35-14-21(25(34-35)38-2)33-26-29-9-7-19(32-26)18-12-30-23-17(18)4-3-5-20(23)31-24(37)22-10-15(27)13-36(22)16-6-8-28-11-16/h3-5,7,9,12,14-16,22,28,30H,6,8,10-11,13H2,1-2H3,(H,31,37)(H,29,32,33)/t15-,16+,22+/m0/s1. The van der Waals surface area contributed by atoms with Crippen molar-refractivity contribution in [3.05, 3.63) is 42.9 Å². The molecule has 1 amide bonds. The number of anilines is 3. The number of alkyl halides is 1. The van der Waals surface area contributed by atoms with Crippen LogP contribution in [0.3, 0.4) is 0 Å². The summed E-state index contributed by atoms with van der Waals surface area (Å²) in [5.41, 5.74) is 3.65. The van der Waals surface area contributed by atoms with Crippen molar-refractivity contribution in [1.29, 1.82) is 0 Å². The number of nitrogens with zero attached hydrogens (tertiary/aromatic N) is 5. The molecule has 12 heteroatoms. The summed E-state index contributed by atoms with van der Waals surface area (Å²) in [5.74, 6) is 0.661. The number of methoxy groups -OCH3 is 1. The minimum absolute atomic E-state index is 0.181. The number of aryl methyl sites for hydroxylation is 1. The topological polar surface area (TPSA) is 125 Å². The summed E-state index contributed by atoms with van der Waals surface area (Å²) in [5, 5.41) is 14.7. The van der Waals surface area contributed by atoms with Crippen molar-refractivity contribution in [3.8, 4) is 17.1 Å². The fraction of sp³-hybridized carbons (Fsp3) is 0.385. The molecule has 3 atom stereocenters. The molecule has 2 saturated heterocycles. The van der Waals surface area contributed by atoms with Crippen LogP contribution in [0, 0.1) is 0 Å². The van der Waals surface area contributed by atoms with Gasteiger partial charge in [0.25, 0.3) is 5.88 Å². The summed E-state index contributed by atoms with van der Waals surface area (Å²) < 4.78 is 21.3. The van der Waals surface area contributed by atoms with Gasteiger partial charge in [0.2, 0.25) is 11.9 Å². The Balaban J connectivity index is 1.25. The summed E-state index contributed by atoms with van der Waals surface area (Å²) in [6, 6.07) is 7.24. The van der Waals surface area contributed by atoms with Gasteiger partial charge in [-0.25, -0.2) is 14.4 Å². The van der Waals surface area contributed by atoms with E-state index in [0.717, 1.165) is 36.0 Å². The molecule has 198 valence electrons. The Bertz CT molecular complexity index is 1460. The summed E-state index contributed by atoms with van der Waals surface area (Å²) in [6.07, 6.45) is 5.47. The third-order valence-electron chi connectivity index (χ3n) is 7.23. The van der Waals surface area contributed by atoms with Crippen molar-refractivity contribution >= 4 is 34.1 Å². The average Bonchev–Trinajstić information content (AvgIpc) is 3.70. The fourth-order valence-corrected chi connectivity index (χ4v) is 5.47. The molecule has 4 aromatic rings. The number of amides is 1. The van der Waals surface area contributed by atoms with Gasteiger partial charge < -0.3 is 25.7 Å². The molecule has 4 N–H and O–H groups in total. The second-order valence-corrected chi connectivity index (χ2v) is 9.73. The van der Waals surface area contributed by atoms with Gasteiger partial charge in [-0.2, -0.15) is 0 Å². The van der Waals surface area contributed by atoms with Crippen LogP contribution >= 0.6 is 0 Å². The molecule has 2 fully saturated rings. The molecule has 0 unspecified atom stereocenters. The zero-order valence-electron chi connectivity index (χ0n) is 21.2. The molecule has 0 saturated carbocycles. The molecule has 11 nitrogen and oxygen atoms in total. The summed E-state index contributed by atoms with van der Waals surface area (Å²) in [6.45, 7) is 1.98. The van der Waals surface area contributed by atoms with Crippen LogP contribution in [0.25, 0.3) is 22.2 Å². The van der Waals surface area contributed by atoms with Gasteiger partial charge >= 0.3 is 0 Å². The number of hydrogen-bond acceptors (Lipinski definition) is 8. The van der Waals surface area contributed by atoms with Crippen LogP contribution in [0.2, 0.25) is 0 Å². The Hall–Kier alpha value is -4.03. The van der Waals surface area contributed by atoms with Gasteiger partial charge in [0.05, 0.1) is 36.2 Å². The lowest BCUT2D eigenvalue weighted by Gasteiger charge is -2.28. The van der Waals surface area contributed by atoms with Crippen molar-refractivity contribution in [2.24, 2.45) is 7.05 Å². The maximum absolute atomic E-state index is 14.4. The van der Waals surface area contributed by atoms with Gasteiger partial charge in [-0.05, 0) is 25.1 Å². The first kappa shape index (κ1) is 24.3. The highest BCUT2D eigenvalue weighted by molar-refractivity contribution is 6.06. The van der Waals surface area contributed by atoms with Crippen LogP contribution in [0.1, 0.15) is 12.8 Å². The van der Waals surface area contributed by atoms with Crippen molar-refractivity contribution in [3.63, 3.8) is 0 Å². The van der Waals surface area contributed by atoms with Crippen molar-refractivity contribution in [2.75, 3.05) is 37.4 Å². The molecular formula is C26H30FN9O2. The molecule has 2 aliphatic rings. The van der Waals surface area contributed by atoms with Crippen LogP contribution in [0.15, 0.2) is 42.9 Å². The van der Waals surface area contributed by atoms with E-state index in [1.165, 1.54) is 0 Å². The first-order chi connectivity index (χ1) is 18.5. The average molecular weight is 520 g/mol. The number of hydrogen-bond donors (Lipinski definition) is 4. The van der Waals surface area contributed by atoms with E-state index in [0.29, 0.717) is 35.4 Å². The number of ether oxygens (including phenoxy) is 1.